The maximum absolute atomic E-state index is 13.9. The summed E-state index contributed by atoms with van der Waals surface area (Å²) < 4.78 is 13.9. The van der Waals surface area contributed by atoms with Crippen LogP contribution in [0.4, 0.5) is 4.39 Å². The molecule has 3 aromatic rings. The van der Waals surface area contributed by atoms with Crippen LogP contribution in [0.15, 0.2) is 59.9 Å². The summed E-state index contributed by atoms with van der Waals surface area (Å²) in [5.74, 6) is 0.897. The first-order chi connectivity index (χ1) is 17.5. The summed E-state index contributed by atoms with van der Waals surface area (Å²) in [5.41, 5.74) is 3.52. The lowest BCUT2D eigenvalue weighted by atomic mass is 9.84. The Kier molecular flexibility index (Phi) is 7.63. The van der Waals surface area contributed by atoms with E-state index in [0.717, 1.165) is 66.4 Å². The van der Waals surface area contributed by atoms with E-state index >= 15 is 0 Å². The van der Waals surface area contributed by atoms with Crippen molar-refractivity contribution in [1.29, 1.82) is 0 Å². The fraction of sp³-hybridized carbons (Fsp3) is 0.321. The molecule has 2 aliphatic rings. The predicted molar refractivity (Wildman–Crippen MR) is 138 cm³/mol. The van der Waals surface area contributed by atoms with Crippen molar-refractivity contribution in [1.82, 2.24) is 20.3 Å². The van der Waals surface area contributed by atoms with E-state index in [1.807, 2.05) is 18.2 Å². The highest BCUT2D eigenvalue weighted by molar-refractivity contribution is 8.18. The summed E-state index contributed by atoms with van der Waals surface area (Å²) in [6.07, 6.45) is 11.9. The molecule has 0 unspecified atom stereocenters. The van der Waals surface area contributed by atoms with E-state index in [-0.39, 0.29) is 23.1 Å². The minimum atomic E-state index is -0.248. The molecule has 0 spiro atoms. The second-order valence-electron chi connectivity index (χ2n) is 9.33. The van der Waals surface area contributed by atoms with Crippen LogP contribution in [0.25, 0.3) is 17.2 Å². The molecular formula is C28H27FN4O2S. The second kappa shape index (κ2) is 11.2. The van der Waals surface area contributed by atoms with Crippen LogP contribution in [0.2, 0.25) is 0 Å². The molecule has 184 valence electrons. The van der Waals surface area contributed by atoms with E-state index in [2.05, 4.69) is 20.3 Å². The predicted octanol–water partition coefficient (Wildman–Crippen LogP) is 5.14. The van der Waals surface area contributed by atoms with Crippen LogP contribution >= 0.6 is 11.8 Å². The monoisotopic (exact) mass is 502 g/mol. The third kappa shape index (κ3) is 6.12. The number of hydrogen-bond donors (Lipinski definition) is 1. The Balaban J connectivity index is 1.15. The van der Waals surface area contributed by atoms with E-state index in [1.165, 1.54) is 6.07 Å². The number of carbonyl (C=O) groups is 2. The van der Waals surface area contributed by atoms with Gasteiger partial charge in [0.1, 0.15) is 11.6 Å². The first-order valence-electron chi connectivity index (χ1n) is 12.2. The summed E-state index contributed by atoms with van der Waals surface area (Å²) in [7, 11) is 0. The van der Waals surface area contributed by atoms with Crippen LogP contribution in [-0.4, -0.2) is 31.9 Å². The Hall–Kier alpha value is -3.23. The molecule has 1 aliphatic carbocycles. The lowest BCUT2D eigenvalue weighted by Gasteiger charge is -2.29. The lowest BCUT2D eigenvalue weighted by molar-refractivity contribution is -0.119. The number of thioether (sulfide) groups is 1. The number of nitrogens with zero attached hydrogens (tertiary/aromatic N) is 3. The number of nitrogens with one attached hydrogen (secondary N) is 1. The van der Waals surface area contributed by atoms with Gasteiger partial charge >= 0.3 is 0 Å². The van der Waals surface area contributed by atoms with Crippen molar-refractivity contribution in [3.8, 4) is 11.1 Å². The average Bonchev–Trinajstić information content (AvgIpc) is 3.21. The summed E-state index contributed by atoms with van der Waals surface area (Å²) >= 11 is 0.997. The molecule has 1 aliphatic heterocycles. The van der Waals surface area contributed by atoms with Crippen LogP contribution in [-0.2, 0) is 22.6 Å². The normalized spacial score (nSPS) is 21.3. The van der Waals surface area contributed by atoms with E-state index in [0.29, 0.717) is 29.1 Å². The van der Waals surface area contributed by atoms with Gasteiger partial charge in [0.05, 0.1) is 17.0 Å². The fourth-order valence-electron chi connectivity index (χ4n) is 4.85. The molecule has 8 heteroatoms. The van der Waals surface area contributed by atoms with E-state index < -0.39 is 0 Å². The van der Waals surface area contributed by atoms with Gasteiger partial charge in [-0.1, -0.05) is 12.1 Å². The molecule has 1 saturated carbocycles. The maximum Gasteiger partial charge on any atom is 0.201 e. The first-order valence-corrected chi connectivity index (χ1v) is 13.0. The third-order valence-corrected chi connectivity index (χ3v) is 7.69. The van der Waals surface area contributed by atoms with Crippen molar-refractivity contribution in [3.05, 3.63) is 82.8 Å². The lowest BCUT2D eigenvalue weighted by Crippen LogP contribution is -2.33. The molecule has 5 rings (SSSR count). The van der Waals surface area contributed by atoms with Crippen LogP contribution < -0.4 is 5.32 Å². The van der Waals surface area contributed by atoms with Gasteiger partial charge in [0.15, 0.2) is 5.78 Å². The van der Waals surface area contributed by atoms with E-state index in [9.17, 15) is 14.0 Å². The number of carbonyl (C=O) groups excluding carboxylic acids is 2. The molecule has 2 fully saturated rings. The van der Waals surface area contributed by atoms with Gasteiger partial charge in [-0.3, -0.25) is 14.6 Å². The highest BCUT2D eigenvalue weighted by Crippen LogP contribution is 2.31. The Bertz CT molecular complexity index is 1290. The molecule has 0 amide bonds. The molecule has 0 atom stereocenters. The van der Waals surface area contributed by atoms with Gasteiger partial charge < -0.3 is 5.32 Å². The summed E-state index contributed by atoms with van der Waals surface area (Å²) in [4.78, 5) is 37.1. The smallest absolute Gasteiger partial charge is 0.201 e. The summed E-state index contributed by atoms with van der Waals surface area (Å²) in [6, 6.07) is 10.9. The number of halogens is 1. The van der Waals surface area contributed by atoms with E-state index in [4.69, 9.17) is 0 Å². The van der Waals surface area contributed by atoms with Crippen LogP contribution in [0.5, 0.6) is 0 Å². The van der Waals surface area contributed by atoms with Crippen molar-refractivity contribution >= 4 is 28.7 Å². The van der Waals surface area contributed by atoms with Gasteiger partial charge in [0, 0.05) is 43.2 Å². The Morgan fingerprint density at radius 2 is 1.94 bits per heavy atom. The minimum Gasteiger partial charge on any atom is -0.310 e. The van der Waals surface area contributed by atoms with Gasteiger partial charge in [-0.2, -0.15) is 0 Å². The zero-order valence-electron chi connectivity index (χ0n) is 19.8. The topological polar surface area (TPSA) is 84.8 Å². The molecule has 2 aromatic heterocycles. The van der Waals surface area contributed by atoms with Crippen molar-refractivity contribution in [2.45, 2.75) is 51.1 Å². The largest absolute Gasteiger partial charge is 0.310 e. The van der Waals surface area contributed by atoms with Gasteiger partial charge in [-0.25, -0.2) is 14.4 Å². The van der Waals surface area contributed by atoms with Crippen LogP contribution in [0.3, 0.4) is 0 Å². The van der Waals surface area contributed by atoms with Gasteiger partial charge in [-0.15, -0.1) is 0 Å². The first kappa shape index (κ1) is 24.5. The third-order valence-electron chi connectivity index (χ3n) is 6.75. The van der Waals surface area contributed by atoms with Crippen molar-refractivity contribution in [2.75, 3.05) is 0 Å². The zero-order valence-corrected chi connectivity index (χ0v) is 20.6. The van der Waals surface area contributed by atoms with Crippen molar-refractivity contribution < 1.29 is 14.0 Å². The number of hydrogen-bond acceptors (Lipinski definition) is 7. The molecule has 0 bridgehead atoms. The standard InChI is InChI=1S/C28H27FN4O2S/c29-21-6-5-20(24(13-21)19-2-1-10-30-16-19)17-32-22-7-3-18(4-8-22)12-27-31-11-9-23(33-27)14-26-25(34)15-28(35)36-26/h1-2,5-6,9-11,13-14,16,18,22,32H,3-4,7-8,12,15,17H2/b26-14-. The highest BCUT2D eigenvalue weighted by Gasteiger charge is 2.26. The SMILES string of the molecule is O=C1CC(=O)/C(=C/c2ccnc(CC3CCC(NCc4ccc(F)cc4-c4cccnc4)CC3)n2)S1. The number of pyridine rings is 1. The molecule has 3 heterocycles. The van der Waals surface area contributed by atoms with Crippen molar-refractivity contribution in [3.63, 3.8) is 0 Å². The summed E-state index contributed by atoms with van der Waals surface area (Å²) in [5, 5.41) is 3.55. The van der Waals surface area contributed by atoms with E-state index in [1.54, 1.807) is 36.8 Å². The Labute approximate surface area is 213 Å². The quantitative estimate of drug-likeness (QED) is 0.354. The second-order valence-corrected chi connectivity index (χ2v) is 10.4. The molecule has 0 radical (unpaired) electrons. The van der Waals surface area contributed by atoms with Gasteiger partial charge in [0.25, 0.3) is 0 Å². The van der Waals surface area contributed by atoms with Crippen LogP contribution in [0.1, 0.15) is 49.2 Å². The Morgan fingerprint density at radius 3 is 2.69 bits per heavy atom. The maximum atomic E-state index is 13.9. The molecular weight excluding hydrogens is 475 g/mol. The minimum absolute atomic E-state index is 0.0301. The van der Waals surface area contributed by atoms with Gasteiger partial charge in [-0.05, 0) is 84.8 Å². The number of benzene rings is 1. The number of ketones is 1. The molecule has 1 saturated heterocycles. The summed E-state index contributed by atoms with van der Waals surface area (Å²) in [6.45, 7) is 0.679. The molecule has 1 aromatic carbocycles. The fourth-order valence-corrected chi connectivity index (χ4v) is 5.66. The molecule has 36 heavy (non-hydrogen) atoms. The highest BCUT2D eigenvalue weighted by atomic mass is 32.2. The van der Waals surface area contributed by atoms with Crippen LogP contribution in [0, 0.1) is 11.7 Å². The number of aromatic nitrogens is 3. The van der Waals surface area contributed by atoms with Crippen molar-refractivity contribution in [2.24, 2.45) is 5.92 Å². The number of rotatable bonds is 7. The molecule has 1 N–H and O–H groups in total. The molecule has 6 nitrogen and oxygen atoms in total. The average molecular weight is 503 g/mol. The van der Waals surface area contributed by atoms with Gasteiger partial charge in [0.2, 0.25) is 5.12 Å². The Morgan fingerprint density at radius 1 is 1.08 bits per heavy atom. The zero-order chi connectivity index (χ0) is 24.9. The number of Topliss-reactive ketones (excluding diaryl/α,β-unsaturated/α-hetero) is 1. The number of allylic oxidation sites excluding steroid dienone is 1.